The van der Waals surface area contributed by atoms with E-state index in [1.807, 2.05) is 0 Å². The summed E-state index contributed by atoms with van der Waals surface area (Å²) in [6, 6.07) is 4.40. The summed E-state index contributed by atoms with van der Waals surface area (Å²) in [6.07, 6.45) is 6.98. The Labute approximate surface area is 137 Å². The van der Waals surface area contributed by atoms with Crippen LogP contribution in [0.1, 0.15) is 50.2 Å². The maximum absolute atomic E-state index is 11.3. The van der Waals surface area contributed by atoms with Gasteiger partial charge in [-0.25, -0.2) is 0 Å². The maximum atomic E-state index is 11.3. The van der Waals surface area contributed by atoms with Crippen LogP contribution in [-0.2, 0) is 16.6 Å². The second-order valence-electron chi connectivity index (χ2n) is 7.55. The molecule has 4 heteroatoms. The van der Waals surface area contributed by atoms with Crippen LogP contribution in [0.25, 0.3) is 0 Å². The van der Waals surface area contributed by atoms with Gasteiger partial charge in [0, 0.05) is 23.9 Å². The molecular weight excluding hydrogens is 290 g/mol. The highest BCUT2D eigenvalue weighted by Crippen LogP contribution is 2.58. The van der Waals surface area contributed by atoms with E-state index in [1.165, 1.54) is 31.7 Å². The summed E-state index contributed by atoms with van der Waals surface area (Å²) in [7, 11) is 2.24. The molecule has 2 aliphatic carbocycles. The minimum atomic E-state index is -0.380. The lowest BCUT2D eigenvalue weighted by atomic mass is 9.52. The Balaban J connectivity index is 1.88. The fourth-order valence-corrected chi connectivity index (χ4v) is 5.52. The number of hydrogen-bond acceptors (Lipinski definition) is 4. The summed E-state index contributed by atoms with van der Waals surface area (Å²) in [6.45, 7) is 2.46. The van der Waals surface area contributed by atoms with Crippen molar-refractivity contribution in [3.8, 4) is 11.5 Å². The second-order valence-corrected chi connectivity index (χ2v) is 7.55. The normalized spacial score (nSPS) is 32.8. The maximum Gasteiger partial charge on any atom is 0.308 e. The van der Waals surface area contributed by atoms with Gasteiger partial charge < -0.3 is 14.7 Å². The molecule has 0 amide bonds. The third kappa shape index (κ3) is 2.11. The number of ether oxygens (including phenoxy) is 1. The molecule has 23 heavy (non-hydrogen) atoms. The topological polar surface area (TPSA) is 49.8 Å². The zero-order valence-corrected chi connectivity index (χ0v) is 14.0. The van der Waals surface area contributed by atoms with E-state index in [-0.39, 0.29) is 17.1 Å². The first kappa shape index (κ1) is 15.0. The Kier molecular flexibility index (Phi) is 3.41. The summed E-state index contributed by atoms with van der Waals surface area (Å²) < 4.78 is 5.25. The molecule has 3 atom stereocenters. The van der Waals surface area contributed by atoms with Crippen molar-refractivity contribution in [1.82, 2.24) is 4.90 Å². The molecule has 3 aliphatic rings. The van der Waals surface area contributed by atoms with E-state index in [9.17, 15) is 9.90 Å². The molecule has 2 bridgehead atoms. The number of phenolic OH excluding ortho intramolecular Hbond substituents is 1. The largest absolute Gasteiger partial charge is 0.504 e. The van der Waals surface area contributed by atoms with Crippen LogP contribution >= 0.6 is 0 Å². The summed E-state index contributed by atoms with van der Waals surface area (Å²) in [5, 5.41) is 10.9. The lowest BCUT2D eigenvalue weighted by Crippen LogP contribution is -2.59. The number of likely N-dealkylation sites (tertiary alicyclic amines) is 1. The van der Waals surface area contributed by atoms with Crippen molar-refractivity contribution in [2.75, 3.05) is 13.6 Å². The van der Waals surface area contributed by atoms with Crippen molar-refractivity contribution in [2.24, 2.45) is 5.92 Å². The predicted octanol–water partition coefficient (Wildman–Crippen LogP) is 3.01. The van der Waals surface area contributed by atoms with Crippen LogP contribution in [0, 0.1) is 5.92 Å². The highest BCUT2D eigenvalue weighted by molar-refractivity contribution is 5.71. The van der Waals surface area contributed by atoms with Crippen LogP contribution < -0.4 is 4.74 Å². The number of carbonyl (C=O) groups excluding carboxylic acids is 1. The fourth-order valence-electron chi connectivity index (χ4n) is 5.52. The van der Waals surface area contributed by atoms with Crippen LogP contribution in [0.4, 0.5) is 0 Å². The Morgan fingerprint density at radius 2 is 2.17 bits per heavy atom. The van der Waals surface area contributed by atoms with E-state index in [2.05, 4.69) is 18.0 Å². The quantitative estimate of drug-likeness (QED) is 0.639. The molecule has 0 aromatic heterocycles. The van der Waals surface area contributed by atoms with Gasteiger partial charge in [0.05, 0.1) is 0 Å². The van der Waals surface area contributed by atoms with Crippen LogP contribution in [0.15, 0.2) is 12.1 Å². The van der Waals surface area contributed by atoms with E-state index in [0.29, 0.717) is 17.7 Å². The van der Waals surface area contributed by atoms with Crippen LogP contribution in [0.5, 0.6) is 11.5 Å². The van der Waals surface area contributed by atoms with Gasteiger partial charge in [-0.1, -0.05) is 18.9 Å². The van der Waals surface area contributed by atoms with Crippen LogP contribution in [-0.4, -0.2) is 35.6 Å². The highest BCUT2D eigenvalue weighted by Gasteiger charge is 2.54. The van der Waals surface area contributed by atoms with Crippen molar-refractivity contribution in [3.63, 3.8) is 0 Å². The molecule has 1 N–H and O–H groups in total. The van der Waals surface area contributed by atoms with Gasteiger partial charge in [0.25, 0.3) is 0 Å². The average Bonchev–Trinajstić information content (AvgIpc) is 2.53. The number of nitrogens with zero attached hydrogens (tertiary/aromatic N) is 1. The van der Waals surface area contributed by atoms with E-state index >= 15 is 0 Å². The molecule has 124 valence electrons. The summed E-state index contributed by atoms with van der Waals surface area (Å²) in [5.74, 6) is 0.774. The van der Waals surface area contributed by atoms with Crippen molar-refractivity contribution < 1.29 is 14.6 Å². The lowest BCUT2D eigenvalue weighted by molar-refractivity contribution is -0.132. The SMILES string of the molecule is CC(=O)Oc1ccc2c(c1O)C13CCCCC1C(C2)N(C)CC3. The third-order valence-electron chi connectivity index (χ3n) is 6.45. The summed E-state index contributed by atoms with van der Waals surface area (Å²) >= 11 is 0. The van der Waals surface area contributed by atoms with Crippen molar-refractivity contribution in [2.45, 2.75) is 56.9 Å². The molecule has 1 saturated carbocycles. The van der Waals surface area contributed by atoms with E-state index in [1.54, 1.807) is 6.07 Å². The molecule has 4 nitrogen and oxygen atoms in total. The first-order valence-electron chi connectivity index (χ1n) is 8.77. The first-order valence-corrected chi connectivity index (χ1v) is 8.77. The number of hydrogen-bond donors (Lipinski definition) is 1. The molecule has 4 rings (SSSR count). The van der Waals surface area contributed by atoms with Gasteiger partial charge >= 0.3 is 5.97 Å². The number of esters is 1. The van der Waals surface area contributed by atoms with E-state index < -0.39 is 0 Å². The number of likely N-dealkylation sites (N-methyl/N-ethyl adjacent to an activating group) is 1. The van der Waals surface area contributed by atoms with Crippen LogP contribution in [0.3, 0.4) is 0 Å². The third-order valence-corrected chi connectivity index (χ3v) is 6.45. The smallest absolute Gasteiger partial charge is 0.308 e. The number of aromatic hydroxyl groups is 1. The highest BCUT2D eigenvalue weighted by atomic mass is 16.5. The standard InChI is InChI=1S/C19H25NO3/c1-12(21)23-16-7-6-13-11-15-14-5-3-4-8-19(14,9-10-20(15)2)17(13)18(16)22/h6-7,14-15,22H,3-5,8-11H2,1-2H3. The number of piperidine rings is 1. The average molecular weight is 315 g/mol. The van der Waals surface area contributed by atoms with Gasteiger partial charge in [-0.05, 0) is 56.8 Å². The number of phenols is 1. The Hall–Kier alpha value is -1.55. The molecule has 1 aromatic rings. The predicted molar refractivity (Wildman–Crippen MR) is 87.8 cm³/mol. The zero-order valence-electron chi connectivity index (χ0n) is 14.0. The molecular formula is C19H25NO3. The molecule has 0 radical (unpaired) electrons. The summed E-state index contributed by atoms with van der Waals surface area (Å²) in [4.78, 5) is 13.8. The lowest BCUT2D eigenvalue weighted by Gasteiger charge is -2.58. The second kappa shape index (κ2) is 5.23. The first-order chi connectivity index (χ1) is 11.0. The monoisotopic (exact) mass is 315 g/mol. The van der Waals surface area contributed by atoms with E-state index in [4.69, 9.17) is 4.74 Å². The molecule has 0 spiro atoms. The molecule has 1 saturated heterocycles. The molecule has 1 heterocycles. The van der Waals surface area contributed by atoms with E-state index in [0.717, 1.165) is 31.4 Å². The van der Waals surface area contributed by atoms with Gasteiger partial charge in [-0.15, -0.1) is 0 Å². The van der Waals surface area contributed by atoms with Gasteiger partial charge in [0.1, 0.15) is 0 Å². The molecule has 1 aliphatic heterocycles. The van der Waals surface area contributed by atoms with Gasteiger partial charge in [0.2, 0.25) is 0 Å². The van der Waals surface area contributed by atoms with Gasteiger partial charge in [-0.2, -0.15) is 0 Å². The molecule has 2 fully saturated rings. The van der Waals surface area contributed by atoms with Crippen molar-refractivity contribution in [1.29, 1.82) is 0 Å². The zero-order chi connectivity index (χ0) is 16.2. The minimum absolute atomic E-state index is 0.0727. The minimum Gasteiger partial charge on any atom is -0.504 e. The van der Waals surface area contributed by atoms with Gasteiger partial charge in [0.15, 0.2) is 11.5 Å². The van der Waals surface area contributed by atoms with Crippen molar-refractivity contribution in [3.05, 3.63) is 23.3 Å². The molecule has 1 aromatic carbocycles. The van der Waals surface area contributed by atoms with Gasteiger partial charge in [-0.3, -0.25) is 4.79 Å². The Morgan fingerprint density at radius 3 is 2.96 bits per heavy atom. The number of fused-ring (bicyclic) bond motifs is 1. The van der Waals surface area contributed by atoms with Crippen molar-refractivity contribution >= 4 is 5.97 Å². The fraction of sp³-hybridized carbons (Fsp3) is 0.632. The van der Waals surface area contributed by atoms with Crippen LogP contribution in [0.2, 0.25) is 0 Å². The number of carbonyl (C=O) groups is 1. The summed E-state index contributed by atoms with van der Waals surface area (Å²) in [5.41, 5.74) is 2.40. The molecule has 3 unspecified atom stereocenters. The number of benzene rings is 1. The Morgan fingerprint density at radius 1 is 1.35 bits per heavy atom. The number of rotatable bonds is 1. The Bertz CT molecular complexity index is 656.